The molecular weight excluding hydrogens is 378 g/mol. The zero-order chi connectivity index (χ0) is 15.8. The van der Waals surface area contributed by atoms with Gasteiger partial charge in [-0.2, -0.15) is 0 Å². The van der Waals surface area contributed by atoms with Crippen molar-refractivity contribution < 1.29 is 9.53 Å². The van der Waals surface area contributed by atoms with E-state index in [4.69, 9.17) is 4.74 Å². The summed E-state index contributed by atoms with van der Waals surface area (Å²) < 4.78 is 3.18. The average molecular weight is 395 g/mol. The minimum atomic E-state index is -1.75. The van der Waals surface area contributed by atoms with E-state index in [0.717, 1.165) is 0 Å². The van der Waals surface area contributed by atoms with Crippen molar-refractivity contribution in [3.8, 4) is 0 Å². The topological polar surface area (TPSA) is 26.3 Å². The second kappa shape index (κ2) is 8.55. The number of carbonyl (C=O) groups excluding carboxylic acids is 1. The SMILES string of the molecule is CCOC(=O)/C=C\SP(=[Se])(c1ccccc1)c1ccccc1. The van der Waals surface area contributed by atoms with Crippen molar-refractivity contribution in [2.75, 3.05) is 6.61 Å². The van der Waals surface area contributed by atoms with Crippen LogP contribution in [0.15, 0.2) is 72.1 Å². The summed E-state index contributed by atoms with van der Waals surface area (Å²) in [6.45, 7) is 2.20. The molecule has 0 aromatic heterocycles. The molecule has 2 nitrogen and oxygen atoms in total. The molecule has 0 aliphatic carbocycles. The van der Waals surface area contributed by atoms with Gasteiger partial charge in [0.2, 0.25) is 0 Å². The van der Waals surface area contributed by atoms with Crippen LogP contribution >= 0.6 is 16.1 Å². The monoisotopic (exact) mass is 396 g/mol. The molecule has 2 aromatic rings. The Hall–Kier alpha value is -1.05. The van der Waals surface area contributed by atoms with Gasteiger partial charge in [0.05, 0.1) is 0 Å². The van der Waals surface area contributed by atoms with Gasteiger partial charge < -0.3 is 0 Å². The first-order chi connectivity index (χ1) is 10.7. The maximum absolute atomic E-state index is 11.5. The Morgan fingerprint density at radius 3 is 2.05 bits per heavy atom. The normalized spacial score (nSPS) is 11.5. The molecule has 2 aromatic carbocycles. The summed E-state index contributed by atoms with van der Waals surface area (Å²) in [5.41, 5.74) is 0. The fourth-order valence-electron chi connectivity index (χ4n) is 1.88. The second-order valence-corrected chi connectivity index (χ2v) is 14.3. The Balaban J connectivity index is 2.32. The molecule has 0 radical (unpaired) electrons. The van der Waals surface area contributed by atoms with Crippen LogP contribution < -0.4 is 10.6 Å². The Kier molecular flexibility index (Phi) is 6.72. The molecule has 2 rings (SSSR count). The third kappa shape index (κ3) is 4.47. The van der Waals surface area contributed by atoms with Crippen molar-refractivity contribution in [3.05, 3.63) is 72.1 Å². The Bertz CT molecular complexity index is 643. The predicted molar refractivity (Wildman–Crippen MR) is 98.2 cm³/mol. The van der Waals surface area contributed by atoms with Gasteiger partial charge in [0, 0.05) is 0 Å². The van der Waals surface area contributed by atoms with Gasteiger partial charge in [0.1, 0.15) is 0 Å². The Morgan fingerprint density at radius 2 is 1.59 bits per heavy atom. The van der Waals surface area contributed by atoms with E-state index < -0.39 is 4.71 Å². The van der Waals surface area contributed by atoms with Crippen LogP contribution in [-0.4, -0.2) is 27.7 Å². The number of ether oxygens (including phenoxy) is 1. The molecule has 0 aliphatic rings. The van der Waals surface area contributed by atoms with Crippen LogP contribution in [0.2, 0.25) is 0 Å². The van der Waals surface area contributed by atoms with Crippen molar-refractivity contribution in [1.29, 1.82) is 0 Å². The molecule has 0 atom stereocenters. The molecule has 0 spiro atoms. The molecule has 0 aliphatic heterocycles. The molecule has 0 bridgehead atoms. The van der Waals surface area contributed by atoms with Gasteiger partial charge in [-0.1, -0.05) is 0 Å². The number of rotatable bonds is 6. The number of hydrogen-bond donors (Lipinski definition) is 0. The van der Waals surface area contributed by atoms with E-state index in [2.05, 4.69) is 39.4 Å². The first-order valence-electron chi connectivity index (χ1n) is 6.90. The molecule has 0 unspecified atom stereocenters. The van der Waals surface area contributed by atoms with Gasteiger partial charge in [0.15, 0.2) is 0 Å². The van der Waals surface area contributed by atoms with E-state index in [9.17, 15) is 4.79 Å². The maximum atomic E-state index is 11.5. The van der Waals surface area contributed by atoms with Gasteiger partial charge >= 0.3 is 143 Å². The number of benzene rings is 2. The minimum absolute atomic E-state index is 0.303. The summed E-state index contributed by atoms with van der Waals surface area (Å²) in [6.07, 6.45) is 1.49. The van der Waals surface area contributed by atoms with Gasteiger partial charge in [0.25, 0.3) is 0 Å². The Labute approximate surface area is 142 Å². The quantitative estimate of drug-likeness (QED) is 0.324. The van der Waals surface area contributed by atoms with Crippen LogP contribution in [0.25, 0.3) is 0 Å². The molecule has 0 saturated heterocycles. The van der Waals surface area contributed by atoms with E-state index >= 15 is 0 Å². The van der Waals surface area contributed by atoms with Crippen molar-refractivity contribution in [2.24, 2.45) is 0 Å². The molecular formula is C17H17O2PSSe. The van der Waals surface area contributed by atoms with Crippen molar-refractivity contribution in [2.45, 2.75) is 6.92 Å². The van der Waals surface area contributed by atoms with Crippen molar-refractivity contribution in [3.63, 3.8) is 0 Å². The summed E-state index contributed by atoms with van der Waals surface area (Å²) in [5, 5.41) is 4.34. The van der Waals surface area contributed by atoms with E-state index in [-0.39, 0.29) is 5.97 Å². The molecule has 0 amide bonds. The number of carbonyl (C=O) groups is 1. The zero-order valence-corrected chi connectivity index (χ0v) is 15.6. The number of hydrogen-bond acceptors (Lipinski definition) is 3. The summed E-state index contributed by atoms with van der Waals surface area (Å²) >= 11 is 5.06. The van der Waals surface area contributed by atoms with E-state index in [0.29, 0.717) is 6.61 Å². The third-order valence-electron chi connectivity index (χ3n) is 2.89. The fourth-order valence-corrected chi connectivity index (χ4v) is 8.52. The molecule has 0 heterocycles. The van der Waals surface area contributed by atoms with Crippen molar-refractivity contribution in [1.82, 2.24) is 0 Å². The van der Waals surface area contributed by atoms with E-state index in [1.54, 1.807) is 18.3 Å². The van der Waals surface area contributed by atoms with E-state index in [1.807, 2.05) is 41.8 Å². The molecule has 5 heteroatoms. The molecule has 22 heavy (non-hydrogen) atoms. The molecule has 0 fully saturated rings. The van der Waals surface area contributed by atoms with Crippen LogP contribution in [0.5, 0.6) is 0 Å². The van der Waals surface area contributed by atoms with Gasteiger partial charge in [-0.15, -0.1) is 0 Å². The molecule has 0 saturated carbocycles. The van der Waals surface area contributed by atoms with Crippen LogP contribution in [0.1, 0.15) is 6.92 Å². The van der Waals surface area contributed by atoms with Crippen LogP contribution in [0, 0.1) is 0 Å². The van der Waals surface area contributed by atoms with Crippen LogP contribution in [0.3, 0.4) is 0 Å². The number of esters is 1. The Morgan fingerprint density at radius 1 is 1.09 bits per heavy atom. The summed E-state index contributed by atoms with van der Waals surface area (Å²) in [5.74, 6) is -0.303. The zero-order valence-electron chi connectivity index (χ0n) is 12.2. The fraction of sp³-hybridized carbons (Fsp3) is 0.118. The first-order valence-corrected chi connectivity index (χ1v) is 12.4. The van der Waals surface area contributed by atoms with Gasteiger partial charge in [-0.3, -0.25) is 0 Å². The summed E-state index contributed by atoms with van der Waals surface area (Å²) in [4.78, 5) is 11.5. The van der Waals surface area contributed by atoms with Gasteiger partial charge in [-0.05, 0) is 0 Å². The van der Waals surface area contributed by atoms with E-state index in [1.165, 1.54) is 16.7 Å². The second-order valence-electron chi connectivity index (χ2n) is 4.38. The third-order valence-corrected chi connectivity index (χ3v) is 12.2. The molecule has 0 N–H and O–H groups in total. The summed E-state index contributed by atoms with van der Waals surface area (Å²) in [7, 11) is 0. The van der Waals surface area contributed by atoms with Gasteiger partial charge in [-0.25, -0.2) is 0 Å². The van der Waals surface area contributed by atoms with Crippen LogP contribution in [0.4, 0.5) is 0 Å². The standard InChI is InChI=1S/C17H17O2PSSe/c1-2-19-17(18)13-14-21-20(22,15-9-5-3-6-10-15)16-11-7-4-8-12-16/h3-14H,2H2,1H3/b14-13-. The summed E-state index contributed by atoms with van der Waals surface area (Å²) in [6, 6.07) is 20.7. The van der Waals surface area contributed by atoms with Crippen LogP contribution in [-0.2, 0) is 9.53 Å². The molecule has 114 valence electrons. The predicted octanol–water partition coefficient (Wildman–Crippen LogP) is 3.46. The first kappa shape index (κ1) is 17.3. The van der Waals surface area contributed by atoms with Crippen molar-refractivity contribution >= 4 is 47.8 Å². The average Bonchev–Trinajstić information content (AvgIpc) is 2.56.